The number of amides is 1. The number of β-amino-alcohol motifs (C(OH)–C–C–N with tert-alkyl or cyclic N) is 1. The van der Waals surface area contributed by atoms with Gasteiger partial charge in [-0.1, -0.05) is 38.1 Å². The minimum Gasteiger partial charge on any atom is -0.390 e. The zero-order valence-corrected chi connectivity index (χ0v) is 16.1. The quantitative estimate of drug-likeness (QED) is 0.824. The molecule has 0 saturated carbocycles. The third-order valence-electron chi connectivity index (χ3n) is 5.00. The molecule has 1 fully saturated rings. The smallest absolute Gasteiger partial charge is 0.251 e. The van der Waals surface area contributed by atoms with Gasteiger partial charge in [-0.2, -0.15) is 0 Å². The second-order valence-electron chi connectivity index (χ2n) is 7.82. The van der Waals surface area contributed by atoms with Crippen LogP contribution in [-0.2, 0) is 13.0 Å². The molecule has 2 aromatic rings. The van der Waals surface area contributed by atoms with Crippen molar-refractivity contribution in [2.24, 2.45) is 5.92 Å². The van der Waals surface area contributed by atoms with Crippen molar-refractivity contribution in [2.45, 2.75) is 45.4 Å². The zero-order chi connectivity index (χ0) is 19.2. The number of nitrogens with zero attached hydrogens (tertiary/aromatic N) is 2. The van der Waals surface area contributed by atoms with Crippen LogP contribution in [0, 0.1) is 5.92 Å². The molecule has 1 aromatic carbocycles. The second-order valence-corrected chi connectivity index (χ2v) is 7.82. The molecular formula is C22H29N3O2. The zero-order valence-electron chi connectivity index (χ0n) is 16.1. The second kappa shape index (κ2) is 9.11. The number of likely N-dealkylation sites (tertiary alicyclic amines) is 1. The largest absolute Gasteiger partial charge is 0.390 e. The van der Waals surface area contributed by atoms with Gasteiger partial charge >= 0.3 is 0 Å². The monoisotopic (exact) mass is 367 g/mol. The fourth-order valence-corrected chi connectivity index (χ4v) is 3.57. The lowest BCUT2D eigenvalue weighted by molar-refractivity contribution is 0.0349. The summed E-state index contributed by atoms with van der Waals surface area (Å²) in [4.78, 5) is 18.4. The molecule has 2 heterocycles. The molecule has 2 atom stereocenters. The van der Waals surface area contributed by atoms with Gasteiger partial charge in [0.1, 0.15) is 0 Å². The number of benzene rings is 1. The van der Waals surface area contributed by atoms with Crippen LogP contribution in [0.3, 0.4) is 0 Å². The van der Waals surface area contributed by atoms with Crippen molar-refractivity contribution in [3.63, 3.8) is 0 Å². The summed E-state index contributed by atoms with van der Waals surface area (Å²) in [5.74, 6) is 0.503. The van der Waals surface area contributed by atoms with Crippen molar-refractivity contribution in [3.8, 4) is 0 Å². The van der Waals surface area contributed by atoms with Gasteiger partial charge in [-0.15, -0.1) is 0 Å². The summed E-state index contributed by atoms with van der Waals surface area (Å²) < 4.78 is 0. The fourth-order valence-electron chi connectivity index (χ4n) is 3.57. The Balaban J connectivity index is 1.50. The molecule has 1 saturated heterocycles. The number of hydrogen-bond donors (Lipinski definition) is 2. The summed E-state index contributed by atoms with van der Waals surface area (Å²) in [7, 11) is 0. The first-order valence-electron chi connectivity index (χ1n) is 9.70. The van der Waals surface area contributed by atoms with E-state index in [9.17, 15) is 9.90 Å². The lowest BCUT2D eigenvalue weighted by atomic mass is 9.99. The number of nitrogens with one attached hydrogen (secondary N) is 1. The van der Waals surface area contributed by atoms with Gasteiger partial charge in [0.05, 0.1) is 12.1 Å². The van der Waals surface area contributed by atoms with Crippen molar-refractivity contribution in [1.29, 1.82) is 0 Å². The maximum absolute atomic E-state index is 12.3. The van der Waals surface area contributed by atoms with Crippen molar-refractivity contribution >= 4 is 5.91 Å². The Morgan fingerprint density at radius 2 is 1.85 bits per heavy atom. The summed E-state index contributed by atoms with van der Waals surface area (Å²) >= 11 is 0. The van der Waals surface area contributed by atoms with Crippen LogP contribution >= 0.6 is 0 Å². The lowest BCUT2D eigenvalue weighted by Crippen LogP contribution is -2.53. The first kappa shape index (κ1) is 19.5. The van der Waals surface area contributed by atoms with Crippen LogP contribution in [0.5, 0.6) is 0 Å². The Morgan fingerprint density at radius 3 is 2.48 bits per heavy atom. The highest BCUT2D eigenvalue weighted by Crippen LogP contribution is 2.16. The van der Waals surface area contributed by atoms with E-state index >= 15 is 0 Å². The highest BCUT2D eigenvalue weighted by atomic mass is 16.3. The molecule has 5 nitrogen and oxygen atoms in total. The number of carbonyl (C=O) groups is 1. The highest BCUT2D eigenvalue weighted by Gasteiger charge is 2.29. The van der Waals surface area contributed by atoms with Crippen molar-refractivity contribution in [2.75, 3.05) is 13.1 Å². The van der Waals surface area contributed by atoms with Crippen LogP contribution in [0.4, 0.5) is 0 Å². The van der Waals surface area contributed by atoms with Crippen LogP contribution < -0.4 is 5.32 Å². The predicted molar refractivity (Wildman–Crippen MR) is 106 cm³/mol. The molecule has 0 unspecified atom stereocenters. The minimum absolute atomic E-state index is 0.157. The molecule has 1 aliphatic rings. The number of piperidine rings is 1. The summed E-state index contributed by atoms with van der Waals surface area (Å²) in [6.45, 7) is 6.70. The minimum atomic E-state index is -0.565. The van der Waals surface area contributed by atoms with E-state index in [4.69, 9.17) is 0 Å². The summed E-state index contributed by atoms with van der Waals surface area (Å²) in [5, 5.41) is 13.4. The molecular weight excluding hydrogens is 338 g/mol. The summed E-state index contributed by atoms with van der Waals surface area (Å²) in [6, 6.07) is 11.9. The average Bonchev–Trinajstić information content (AvgIpc) is 2.66. The van der Waals surface area contributed by atoms with Gasteiger partial charge in [0.15, 0.2) is 0 Å². The van der Waals surface area contributed by atoms with Gasteiger partial charge < -0.3 is 10.4 Å². The molecule has 27 heavy (non-hydrogen) atoms. The number of aromatic nitrogens is 1. The third kappa shape index (κ3) is 5.62. The van der Waals surface area contributed by atoms with Gasteiger partial charge in [-0.3, -0.25) is 14.7 Å². The van der Waals surface area contributed by atoms with E-state index in [2.05, 4.69) is 53.3 Å². The van der Waals surface area contributed by atoms with E-state index in [-0.39, 0.29) is 11.9 Å². The third-order valence-corrected chi connectivity index (χ3v) is 5.00. The van der Waals surface area contributed by atoms with Crippen LogP contribution in [-0.4, -0.2) is 46.1 Å². The Morgan fingerprint density at radius 1 is 1.19 bits per heavy atom. The predicted octanol–water partition coefficient (Wildman–Crippen LogP) is 2.65. The molecule has 0 aliphatic carbocycles. The van der Waals surface area contributed by atoms with Crippen LogP contribution in [0.15, 0.2) is 48.8 Å². The van der Waals surface area contributed by atoms with E-state index in [1.165, 1.54) is 11.1 Å². The lowest BCUT2D eigenvalue weighted by Gasteiger charge is -2.36. The first-order valence-corrected chi connectivity index (χ1v) is 9.70. The molecule has 1 aromatic heterocycles. The van der Waals surface area contributed by atoms with E-state index in [0.717, 1.165) is 25.9 Å². The number of hydrogen-bond acceptors (Lipinski definition) is 4. The topological polar surface area (TPSA) is 65.5 Å². The van der Waals surface area contributed by atoms with E-state index in [1.54, 1.807) is 24.5 Å². The van der Waals surface area contributed by atoms with Crippen LogP contribution in [0.2, 0.25) is 0 Å². The van der Waals surface area contributed by atoms with Gasteiger partial charge in [-0.25, -0.2) is 0 Å². The highest BCUT2D eigenvalue weighted by molar-refractivity contribution is 5.94. The van der Waals surface area contributed by atoms with E-state index in [1.807, 2.05) is 0 Å². The van der Waals surface area contributed by atoms with Gasteiger partial charge in [0, 0.05) is 37.6 Å². The van der Waals surface area contributed by atoms with Crippen molar-refractivity contribution in [3.05, 3.63) is 65.5 Å². The Hall–Kier alpha value is -2.24. The number of pyridine rings is 1. The fraction of sp³-hybridized carbons (Fsp3) is 0.455. The Labute approximate surface area is 161 Å². The standard InChI is InChI=1S/C22H29N3O2/c1-16(2)13-17-3-5-18(6-4-17)14-25-12-9-20(21(26)15-25)24-22(27)19-7-10-23-11-8-19/h3-8,10-11,16,20-21,26H,9,12-15H2,1-2H3,(H,24,27)/t20-,21-/m1/s1. The molecule has 0 spiro atoms. The molecule has 3 rings (SSSR count). The molecule has 1 aliphatic heterocycles. The average molecular weight is 367 g/mol. The Bertz CT molecular complexity index is 731. The number of rotatable bonds is 6. The van der Waals surface area contributed by atoms with E-state index < -0.39 is 6.10 Å². The van der Waals surface area contributed by atoms with Crippen molar-refractivity contribution < 1.29 is 9.90 Å². The summed E-state index contributed by atoms with van der Waals surface area (Å²) in [6.07, 6.45) is 4.47. The van der Waals surface area contributed by atoms with Crippen LogP contribution in [0.25, 0.3) is 0 Å². The van der Waals surface area contributed by atoms with Crippen LogP contribution in [0.1, 0.15) is 41.8 Å². The normalized spacial score (nSPS) is 20.6. The molecule has 5 heteroatoms. The molecule has 0 radical (unpaired) electrons. The van der Waals surface area contributed by atoms with Gasteiger partial charge in [-0.05, 0) is 42.0 Å². The summed E-state index contributed by atoms with van der Waals surface area (Å²) in [5.41, 5.74) is 3.20. The molecule has 2 N–H and O–H groups in total. The van der Waals surface area contributed by atoms with Crippen molar-refractivity contribution in [1.82, 2.24) is 15.2 Å². The molecule has 144 valence electrons. The van der Waals surface area contributed by atoms with E-state index in [0.29, 0.717) is 18.0 Å². The maximum Gasteiger partial charge on any atom is 0.251 e. The first-order chi connectivity index (χ1) is 13.0. The Kier molecular flexibility index (Phi) is 6.58. The maximum atomic E-state index is 12.3. The molecule has 1 amide bonds. The molecule has 0 bridgehead atoms. The number of aliphatic hydroxyl groups excluding tert-OH is 1. The van der Waals surface area contributed by atoms with Gasteiger partial charge in [0.2, 0.25) is 0 Å². The number of aliphatic hydroxyl groups is 1. The SMILES string of the molecule is CC(C)Cc1ccc(CN2CC[C@@H](NC(=O)c3ccncc3)[C@H](O)C2)cc1. The van der Waals surface area contributed by atoms with Gasteiger partial charge in [0.25, 0.3) is 5.91 Å². The number of carbonyl (C=O) groups excluding carboxylic acids is 1.